The minimum atomic E-state index is -0.179. The van der Waals surface area contributed by atoms with Crippen LogP contribution < -0.4 is 0 Å². The van der Waals surface area contributed by atoms with E-state index in [1.165, 1.54) is 30.0 Å². The van der Waals surface area contributed by atoms with Gasteiger partial charge in [0.1, 0.15) is 11.5 Å². The Morgan fingerprint density at radius 2 is 2.12 bits per heavy atom. The number of thiophene rings is 1. The lowest BCUT2D eigenvalue weighted by molar-refractivity contribution is 0.102. The van der Waals surface area contributed by atoms with Gasteiger partial charge in [0.25, 0.3) is 0 Å². The molecule has 0 aliphatic carbocycles. The van der Waals surface area contributed by atoms with Gasteiger partial charge in [-0.25, -0.2) is 0 Å². The van der Waals surface area contributed by atoms with Crippen LogP contribution in [0.25, 0.3) is 0 Å². The summed E-state index contributed by atoms with van der Waals surface area (Å²) in [6.45, 7) is 0. The maximum absolute atomic E-state index is 11.8. The molecular weight excluding hydrogens is 256 g/mol. The third-order valence-electron chi connectivity index (χ3n) is 2.12. The molecule has 2 aromatic rings. The van der Waals surface area contributed by atoms with Crippen LogP contribution in [-0.2, 0) is 0 Å². The standard InChI is InChI=1S/C12H10O3S2/c13-8-3-4-9(10(14)6-8)11(15)7-17-12-2-1-5-16-12/h1-6,13-14H,7H2. The molecule has 5 heteroatoms. The van der Waals surface area contributed by atoms with Crippen LogP contribution in [0.15, 0.2) is 39.9 Å². The Morgan fingerprint density at radius 3 is 2.76 bits per heavy atom. The van der Waals surface area contributed by atoms with Crippen LogP contribution in [0.1, 0.15) is 10.4 Å². The fourth-order valence-electron chi connectivity index (χ4n) is 1.32. The average molecular weight is 266 g/mol. The molecule has 0 radical (unpaired) electrons. The molecule has 0 saturated heterocycles. The number of rotatable bonds is 4. The molecule has 0 unspecified atom stereocenters. The van der Waals surface area contributed by atoms with Crippen molar-refractivity contribution >= 4 is 28.9 Å². The lowest BCUT2D eigenvalue weighted by Gasteiger charge is -2.03. The van der Waals surface area contributed by atoms with Crippen LogP contribution in [0, 0.1) is 0 Å². The van der Waals surface area contributed by atoms with E-state index in [0.29, 0.717) is 0 Å². The van der Waals surface area contributed by atoms with Crippen LogP contribution in [0.4, 0.5) is 0 Å². The van der Waals surface area contributed by atoms with Gasteiger partial charge in [-0.15, -0.1) is 23.1 Å². The number of aromatic hydroxyl groups is 2. The summed E-state index contributed by atoms with van der Waals surface area (Å²) in [4.78, 5) is 11.8. The molecule has 3 nitrogen and oxygen atoms in total. The minimum Gasteiger partial charge on any atom is -0.508 e. The molecule has 0 aliphatic rings. The molecule has 0 amide bonds. The van der Waals surface area contributed by atoms with Gasteiger partial charge in [-0.05, 0) is 23.6 Å². The van der Waals surface area contributed by atoms with Crippen molar-refractivity contribution in [2.24, 2.45) is 0 Å². The van der Waals surface area contributed by atoms with Crippen LogP contribution in [0.3, 0.4) is 0 Å². The van der Waals surface area contributed by atoms with Crippen LogP contribution in [-0.4, -0.2) is 21.7 Å². The quantitative estimate of drug-likeness (QED) is 0.659. The van der Waals surface area contributed by atoms with Crippen LogP contribution in [0.5, 0.6) is 11.5 Å². The van der Waals surface area contributed by atoms with Crippen molar-refractivity contribution < 1.29 is 15.0 Å². The fourth-order valence-corrected chi connectivity index (χ4v) is 2.98. The highest BCUT2D eigenvalue weighted by Gasteiger charge is 2.12. The zero-order valence-corrected chi connectivity index (χ0v) is 10.4. The molecule has 1 aromatic carbocycles. The van der Waals surface area contributed by atoms with Crippen molar-refractivity contribution in [2.75, 3.05) is 5.75 Å². The number of carbonyl (C=O) groups is 1. The first-order valence-electron chi connectivity index (χ1n) is 4.88. The highest BCUT2D eigenvalue weighted by Crippen LogP contribution is 2.27. The van der Waals surface area contributed by atoms with Crippen molar-refractivity contribution in [1.82, 2.24) is 0 Å². The number of ketones is 1. The zero-order chi connectivity index (χ0) is 12.3. The van der Waals surface area contributed by atoms with E-state index >= 15 is 0 Å². The first-order valence-corrected chi connectivity index (χ1v) is 6.75. The van der Waals surface area contributed by atoms with Crippen molar-refractivity contribution in [2.45, 2.75) is 4.21 Å². The first kappa shape index (κ1) is 12.0. The molecule has 1 heterocycles. The molecular formula is C12H10O3S2. The second-order valence-corrected chi connectivity index (χ2v) is 5.57. The molecule has 17 heavy (non-hydrogen) atoms. The van der Waals surface area contributed by atoms with E-state index < -0.39 is 0 Å². The summed E-state index contributed by atoms with van der Waals surface area (Å²) < 4.78 is 1.07. The largest absolute Gasteiger partial charge is 0.508 e. The number of Topliss-reactive ketones (excluding diaryl/α,β-unsaturated/α-hetero) is 1. The zero-order valence-electron chi connectivity index (χ0n) is 8.79. The second kappa shape index (κ2) is 5.25. The van der Waals surface area contributed by atoms with E-state index in [4.69, 9.17) is 5.11 Å². The molecule has 0 fully saturated rings. The number of phenols is 2. The summed E-state index contributed by atoms with van der Waals surface area (Å²) in [5, 5.41) is 20.6. The van der Waals surface area contributed by atoms with Crippen LogP contribution >= 0.6 is 23.1 Å². The van der Waals surface area contributed by atoms with E-state index in [1.54, 1.807) is 11.3 Å². The van der Waals surface area contributed by atoms with Crippen LogP contribution in [0.2, 0.25) is 0 Å². The second-order valence-electron chi connectivity index (χ2n) is 3.35. The van der Waals surface area contributed by atoms with Gasteiger partial charge in [-0.1, -0.05) is 6.07 Å². The van der Waals surface area contributed by atoms with Crippen molar-refractivity contribution in [3.05, 3.63) is 41.3 Å². The summed E-state index contributed by atoms with van der Waals surface area (Å²) in [5.41, 5.74) is 0.242. The lowest BCUT2D eigenvalue weighted by Crippen LogP contribution is -2.02. The summed E-state index contributed by atoms with van der Waals surface area (Å²) in [6.07, 6.45) is 0. The third kappa shape index (κ3) is 3.01. The minimum absolute atomic E-state index is 0.0510. The van der Waals surface area contributed by atoms with Gasteiger partial charge in [-0.3, -0.25) is 4.79 Å². The molecule has 2 rings (SSSR count). The van der Waals surface area contributed by atoms with Gasteiger partial charge < -0.3 is 10.2 Å². The fraction of sp³-hybridized carbons (Fsp3) is 0.0833. The van der Waals surface area contributed by atoms with Gasteiger partial charge in [0.05, 0.1) is 15.5 Å². The Labute approximate surface area is 107 Å². The Bertz CT molecular complexity index is 521. The summed E-state index contributed by atoms with van der Waals surface area (Å²) in [5.74, 6) is -0.105. The topological polar surface area (TPSA) is 57.5 Å². The Morgan fingerprint density at radius 1 is 1.29 bits per heavy atom. The first-order chi connectivity index (χ1) is 8.16. The predicted molar refractivity (Wildman–Crippen MR) is 69.1 cm³/mol. The van der Waals surface area contributed by atoms with Gasteiger partial charge in [0, 0.05) is 6.07 Å². The number of benzene rings is 1. The number of carbonyl (C=O) groups excluding carboxylic acids is 1. The molecule has 0 atom stereocenters. The van der Waals surface area contributed by atoms with Gasteiger partial charge in [0.15, 0.2) is 5.78 Å². The molecule has 1 aromatic heterocycles. The number of phenolic OH excluding ortho intramolecular Hbond substituents is 2. The third-order valence-corrected chi connectivity index (χ3v) is 4.25. The van der Waals surface area contributed by atoms with E-state index in [2.05, 4.69) is 0 Å². The van der Waals surface area contributed by atoms with Gasteiger partial charge >= 0.3 is 0 Å². The maximum Gasteiger partial charge on any atom is 0.176 e. The maximum atomic E-state index is 11.8. The molecule has 0 saturated carbocycles. The number of hydrogen-bond acceptors (Lipinski definition) is 5. The summed E-state index contributed by atoms with van der Waals surface area (Å²) in [6, 6.07) is 7.86. The molecule has 0 aliphatic heterocycles. The predicted octanol–water partition coefficient (Wildman–Crippen LogP) is 3.13. The molecule has 0 bridgehead atoms. The number of hydrogen-bond donors (Lipinski definition) is 2. The van der Waals surface area contributed by atoms with Crippen molar-refractivity contribution in [3.63, 3.8) is 0 Å². The molecule has 2 N–H and O–H groups in total. The van der Waals surface area contributed by atoms with Crippen molar-refractivity contribution in [3.8, 4) is 11.5 Å². The van der Waals surface area contributed by atoms with Gasteiger partial charge in [0.2, 0.25) is 0 Å². The van der Waals surface area contributed by atoms with E-state index in [9.17, 15) is 9.90 Å². The molecule has 0 spiro atoms. The van der Waals surface area contributed by atoms with Crippen molar-refractivity contribution in [1.29, 1.82) is 0 Å². The monoisotopic (exact) mass is 266 g/mol. The lowest BCUT2D eigenvalue weighted by atomic mass is 10.1. The van der Waals surface area contributed by atoms with Gasteiger partial charge in [-0.2, -0.15) is 0 Å². The number of thioether (sulfide) groups is 1. The highest BCUT2D eigenvalue weighted by molar-refractivity contribution is 8.01. The summed E-state index contributed by atoms with van der Waals surface area (Å²) >= 11 is 3.01. The Hall–Kier alpha value is -1.46. The highest BCUT2D eigenvalue weighted by atomic mass is 32.2. The van der Waals surface area contributed by atoms with E-state index in [0.717, 1.165) is 4.21 Å². The smallest absolute Gasteiger partial charge is 0.176 e. The normalized spacial score (nSPS) is 10.4. The average Bonchev–Trinajstić information content (AvgIpc) is 2.78. The van der Waals surface area contributed by atoms with E-state index in [1.807, 2.05) is 17.5 Å². The summed E-state index contributed by atoms with van der Waals surface area (Å²) in [7, 11) is 0. The Kier molecular flexibility index (Phi) is 3.71. The molecule has 88 valence electrons. The SMILES string of the molecule is O=C(CSc1cccs1)c1ccc(O)cc1O. The van der Waals surface area contributed by atoms with E-state index in [-0.39, 0.29) is 28.6 Å². The Balaban J connectivity index is 2.04.